The fraction of sp³-hybridized carbons (Fsp3) is 0.429. The van der Waals surface area contributed by atoms with Gasteiger partial charge in [0.1, 0.15) is 5.82 Å². The van der Waals surface area contributed by atoms with E-state index in [0.29, 0.717) is 0 Å². The Balaban J connectivity index is 1.48. The van der Waals surface area contributed by atoms with Crippen LogP contribution in [0.2, 0.25) is 0 Å². The van der Waals surface area contributed by atoms with Crippen LogP contribution in [0.4, 0.5) is 0 Å². The maximum absolute atomic E-state index is 4.98. The number of pyridine rings is 1. The van der Waals surface area contributed by atoms with E-state index >= 15 is 0 Å². The molecular weight excluding hydrogens is 308 g/mol. The molecule has 128 valence electrons. The van der Waals surface area contributed by atoms with E-state index in [9.17, 15) is 0 Å². The average molecular weight is 332 g/mol. The first-order valence-corrected chi connectivity index (χ1v) is 9.43. The Hall–Kier alpha value is -2.20. The van der Waals surface area contributed by atoms with Crippen LogP contribution in [0.5, 0.6) is 0 Å². The van der Waals surface area contributed by atoms with Gasteiger partial charge in [-0.15, -0.1) is 0 Å². The van der Waals surface area contributed by atoms with E-state index in [0.717, 1.165) is 37.6 Å². The van der Waals surface area contributed by atoms with Gasteiger partial charge in [-0.3, -0.25) is 9.88 Å². The minimum absolute atomic E-state index is 0.830. The van der Waals surface area contributed by atoms with Crippen LogP contribution in [-0.2, 0) is 13.0 Å². The third-order valence-electron chi connectivity index (χ3n) is 5.86. The van der Waals surface area contributed by atoms with Gasteiger partial charge >= 0.3 is 0 Å². The van der Waals surface area contributed by atoms with E-state index in [-0.39, 0.29) is 0 Å². The zero-order chi connectivity index (χ0) is 16.8. The highest BCUT2D eigenvalue weighted by Gasteiger charge is 2.27. The van der Waals surface area contributed by atoms with Gasteiger partial charge in [-0.2, -0.15) is 0 Å². The molecule has 0 bridgehead atoms. The Morgan fingerprint density at radius 2 is 1.92 bits per heavy atom. The summed E-state index contributed by atoms with van der Waals surface area (Å²) in [5, 5.41) is 0. The molecule has 0 atom stereocenters. The quantitative estimate of drug-likeness (QED) is 0.715. The van der Waals surface area contributed by atoms with Crippen molar-refractivity contribution >= 4 is 11.0 Å². The minimum Gasteiger partial charge on any atom is -0.327 e. The molecule has 25 heavy (non-hydrogen) atoms. The van der Waals surface area contributed by atoms with Gasteiger partial charge in [0.15, 0.2) is 0 Å². The third kappa shape index (κ3) is 2.65. The number of aryl methyl sites for hydroxylation is 1. The van der Waals surface area contributed by atoms with Gasteiger partial charge in [-0.1, -0.05) is 12.5 Å². The summed E-state index contributed by atoms with van der Waals surface area (Å²) in [5.74, 6) is 1.25. The summed E-state index contributed by atoms with van der Waals surface area (Å²) < 4.78 is 2.44. The van der Waals surface area contributed by atoms with E-state index in [2.05, 4.69) is 45.6 Å². The van der Waals surface area contributed by atoms with Crippen LogP contribution in [-0.4, -0.2) is 38.6 Å². The first-order valence-electron chi connectivity index (χ1n) is 9.43. The first-order chi connectivity index (χ1) is 12.3. The molecule has 0 N–H and O–H groups in total. The van der Waals surface area contributed by atoms with Gasteiger partial charge in [-0.25, -0.2) is 4.98 Å². The molecule has 0 saturated heterocycles. The van der Waals surface area contributed by atoms with E-state index in [1.165, 1.54) is 47.3 Å². The average Bonchev–Trinajstić information content (AvgIpc) is 2.80. The predicted octanol–water partition coefficient (Wildman–Crippen LogP) is 3.82. The largest absolute Gasteiger partial charge is 0.327 e. The minimum atomic E-state index is 0.830. The van der Waals surface area contributed by atoms with Crippen LogP contribution in [0.25, 0.3) is 22.2 Å². The van der Waals surface area contributed by atoms with Crippen molar-refractivity contribution in [3.63, 3.8) is 0 Å². The van der Waals surface area contributed by atoms with E-state index in [4.69, 9.17) is 4.98 Å². The lowest BCUT2D eigenvalue weighted by atomic mass is 9.91. The molecule has 3 heterocycles. The van der Waals surface area contributed by atoms with Crippen LogP contribution in [0.3, 0.4) is 0 Å². The first kappa shape index (κ1) is 15.1. The molecule has 0 spiro atoms. The van der Waals surface area contributed by atoms with Gasteiger partial charge < -0.3 is 4.57 Å². The molecule has 0 amide bonds. The van der Waals surface area contributed by atoms with Crippen molar-refractivity contribution in [2.24, 2.45) is 0 Å². The fourth-order valence-electron chi connectivity index (χ4n) is 4.21. The highest BCUT2D eigenvalue weighted by molar-refractivity contribution is 5.82. The number of nitrogens with zero attached hydrogens (tertiary/aromatic N) is 4. The molecule has 1 aromatic carbocycles. The number of hydrogen-bond acceptors (Lipinski definition) is 3. The zero-order valence-corrected chi connectivity index (χ0v) is 14.8. The SMILES string of the molecule is Cc1cncc(-c2ccc3c(c2)nc2n3CCN(C3CCC3)CC2)c1. The van der Waals surface area contributed by atoms with Crippen molar-refractivity contribution in [2.75, 3.05) is 13.1 Å². The standard InChI is InChI=1S/C21H24N4/c1-15-11-17(14-22-13-15)16-5-6-20-19(12-16)23-21-7-8-24(9-10-25(20)21)18-3-2-4-18/h5-6,11-14,18H,2-4,7-10H2,1H3. The van der Waals surface area contributed by atoms with Crippen LogP contribution < -0.4 is 0 Å². The van der Waals surface area contributed by atoms with Gasteiger partial charge in [0.2, 0.25) is 0 Å². The lowest BCUT2D eigenvalue weighted by molar-refractivity contribution is 0.130. The van der Waals surface area contributed by atoms with Gasteiger partial charge in [0.05, 0.1) is 11.0 Å². The second-order valence-electron chi connectivity index (χ2n) is 7.50. The molecule has 1 aliphatic carbocycles. The fourth-order valence-corrected chi connectivity index (χ4v) is 4.21. The Labute approximate surface area is 148 Å². The molecule has 2 aromatic heterocycles. The molecule has 1 saturated carbocycles. The molecule has 1 fully saturated rings. The van der Waals surface area contributed by atoms with E-state index in [1.54, 1.807) is 0 Å². The predicted molar refractivity (Wildman–Crippen MR) is 101 cm³/mol. The van der Waals surface area contributed by atoms with Crippen molar-refractivity contribution in [3.8, 4) is 11.1 Å². The summed E-state index contributed by atoms with van der Waals surface area (Å²) in [6, 6.07) is 9.68. The molecule has 5 rings (SSSR count). The van der Waals surface area contributed by atoms with Gasteiger partial charge in [-0.05, 0) is 49.1 Å². The second kappa shape index (κ2) is 5.95. The molecule has 1 aliphatic heterocycles. The lowest BCUT2D eigenvalue weighted by Crippen LogP contribution is -2.41. The summed E-state index contributed by atoms with van der Waals surface area (Å²) in [7, 11) is 0. The number of fused-ring (bicyclic) bond motifs is 3. The van der Waals surface area contributed by atoms with Gasteiger partial charge in [0, 0.05) is 50.1 Å². The Morgan fingerprint density at radius 1 is 1.00 bits per heavy atom. The van der Waals surface area contributed by atoms with Crippen molar-refractivity contribution in [1.82, 2.24) is 19.4 Å². The van der Waals surface area contributed by atoms with E-state index < -0.39 is 0 Å². The molecule has 4 nitrogen and oxygen atoms in total. The van der Waals surface area contributed by atoms with Crippen molar-refractivity contribution < 1.29 is 0 Å². The molecule has 3 aromatic rings. The van der Waals surface area contributed by atoms with Crippen LogP contribution >= 0.6 is 0 Å². The number of aromatic nitrogens is 3. The molecular formula is C21H24N4. The summed E-state index contributed by atoms with van der Waals surface area (Å²) in [6.07, 6.45) is 9.08. The van der Waals surface area contributed by atoms with Crippen LogP contribution in [0.1, 0.15) is 30.7 Å². The van der Waals surface area contributed by atoms with Crippen molar-refractivity contribution in [3.05, 3.63) is 48.0 Å². The van der Waals surface area contributed by atoms with E-state index in [1.807, 2.05) is 12.4 Å². The Bertz CT molecular complexity index is 923. The molecule has 0 radical (unpaired) electrons. The number of imidazole rings is 1. The summed E-state index contributed by atoms with van der Waals surface area (Å²) in [6.45, 7) is 5.46. The summed E-state index contributed by atoms with van der Waals surface area (Å²) in [4.78, 5) is 12.0. The Kier molecular flexibility index (Phi) is 3.59. The number of hydrogen-bond donors (Lipinski definition) is 0. The zero-order valence-electron chi connectivity index (χ0n) is 14.8. The number of benzene rings is 1. The summed E-state index contributed by atoms with van der Waals surface area (Å²) in [5.41, 5.74) is 5.95. The highest BCUT2D eigenvalue weighted by Crippen LogP contribution is 2.29. The molecule has 0 unspecified atom stereocenters. The maximum Gasteiger partial charge on any atom is 0.111 e. The van der Waals surface area contributed by atoms with Crippen molar-refractivity contribution in [1.29, 1.82) is 0 Å². The Morgan fingerprint density at radius 3 is 2.72 bits per heavy atom. The normalized spacial score (nSPS) is 18.8. The highest BCUT2D eigenvalue weighted by atomic mass is 15.2. The lowest BCUT2D eigenvalue weighted by Gasteiger charge is -2.36. The summed E-state index contributed by atoms with van der Waals surface area (Å²) >= 11 is 0. The van der Waals surface area contributed by atoms with Crippen molar-refractivity contribution in [2.45, 2.75) is 45.2 Å². The maximum atomic E-state index is 4.98. The smallest absolute Gasteiger partial charge is 0.111 e. The second-order valence-corrected chi connectivity index (χ2v) is 7.50. The van der Waals surface area contributed by atoms with Gasteiger partial charge in [0.25, 0.3) is 0 Å². The third-order valence-corrected chi connectivity index (χ3v) is 5.86. The van der Waals surface area contributed by atoms with Crippen LogP contribution in [0, 0.1) is 6.92 Å². The monoisotopic (exact) mass is 332 g/mol. The molecule has 2 aliphatic rings. The number of rotatable bonds is 2. The topological polar surface area (TPSA) is 34.0 Å². The van der Waals surface area contributed by atoms with Crippen LogP contribution in [0.15, 0.2) is 36.7 Å². The molecule has 4 heteroatoms.